The minimum Gasteiger partial charge on any atom is -0.437 e. The van der Waals surface area contributed by atoms with Crippen molar-refractivity contribution in [3.05, 3.63) is 40.8 Å². The van der Waals surface area contributed by atoms with Gasteiger partial charge in [0.25, 0.3) is 0 Å². The molecule has 0 amide bonds. The lowest BCUT2D eigenvalue weighted by atomic mass is 10.3. The average Bonchev–Trinajstić information content (AvgIpc) is 2.45. The van der Waals surface area contributed by atoms with Crippen molar-refractivity contribution in [3.63, 3.8) is 0 Å². The second-order valence-corrected chi connectivity index (χ2v) is 5.57. The van der Waals surface area contributed by atoms with Gasteiger partial charge in [-0.3, -0.25) is 0 Å². The highest BCUT2D eigenvalue weighted by molar-refractivity contribution is 7.98. The van der Waals surface area contributed by atoms with Gasteiger partial charge in [-0.15, -0.1) is 11.8 Å². The van der Waals surface area contributed by atoms with E-state index in [0.717, 1.165) is 34.9 Å². The molecule has 0 radical (unpaired) electrons. The van der Waals surface area contributed by atoms with Crippen LogP contribution >= 0.6 is 23.4 Å². The van der Waals surface area contributed by atoms with Crippen LogP contribution in [0.3, 0.4) is 0 Å². The monoisotopic (exact) mass is 308 g/mol. The van der Waals surface area contributed by atoms with Crippen molar-refractivity contribution >= 4 is 23.4 Å². The zero-order chi connectivity index (χ0) is 14.5. The summed E-state index contributed by atoms with van der Waals surface area (Å²) >= 11 is 7.80. The second kappa shape index (κ2) is 6.95. The van der Waals surface area contributed by atoms with Gasteiger partial charge in [0.15, 0.2) is 0 Å². The third-order valence-electron chi connectivity index (χ3n) is 2.84. The third-order valence-corrected chi connectivity index (χ3v) is 3.98. The van der Waals surface area contributed by atoms with Gasteiger partial charge in [0.05, 0.1) is 0 Å². The van der Waals surface area contributed by atoms with E-state index in [1.54, 1.807) is 11.8 Å². The number of rotatable bonds is 5. The van der Waals surface area contributed by atoms with Gasteiger partial charge in [0, 0.05) is 16.9 Å². The minimum atomic E-state index is 0.458. The molecule has 0 spiro atoms. The van der Waals surface area contributed by atoms with Gasteiger partial charge < -0.3 is 4.74 Å². The summed E-state index contributed by atoms with van der Waals surface area (Å²) in [6.07, 6.45) is 3.78. The van der Waals surface area contributed by atoms with E-state index in [0.29, 0.717) is 11.0 Å². The van der Waals surface area contributed by atoms with Crippen LogP contribution in [0.2, 0.25) is 5.15 Å². The molecule has 0 N–H and O–H groups in total. The fourth-order valence-corrected chi connectivity index (χ4v) is 2.46. The minimum absolute atomic E-state index is 0.458. The summed E-state index contributed by atoms with van der Waals surface area (Å²) in [6, 6.07) is 7.88. The molecule has 5 heteroatoms. The Morgan fingerprint density at radius 1 is 1.25 bits per heavy atom. The highest BCUT2D eigenvalue weighted by Gasteiger charge is 2.12. The molecule has 106 valence electrons. The normalized spacial score (nSPS) is 10.6. The summed E-state index contributed by atoms with van der Waals surface area (Å²) in [5, 5.41) is 0.458. The van der Waals surface area contributed by atoms with Crippen molar-refractivity contribution in [3.8, 4) is 11.6 Å². The van der Waals surface area contributed by atoms with Gasteiger partial charge in [0.2, 0.25) is 5.88 Å². The average molecular weight is 309 g/mol. The Hall–Kier alpha value is -1.26. The van der Waals surface area contributed by atoms with Crippen LogP contribution in [0.15, 0.2) is 29.2 Å². The number of hydrogen-bond donors (Lipinski definition) is 0. The van der Waals surface area contributed by atoms with E-state index in [9.17, 15) is 0 Å². The van der Waals surface area contributed by atoms with Crippen LogP contribution in [0.5, 0.6) is 11.6 Å². The maximum Gasteiger partial charge on any atom is 0.227 e. The number of benzene rings is 1. The van der Waals surface area contributed by atoms with Gasteiger partial charge in [-0.1, -0.05) is 30.7 Å². The van der Waals surface area contributed by atoms with Crippen molar-refractivity contribution in [2.75, 3.05) is 6.26 Å². The Kier molecular flexibility index (Phi) is 5.26. The molecule has 0 saturated heterocycles. The number of aromatic nitrogens is 2. The number of halogens is 1. The molecule has 0 aliphatic heterocycles. The molecule has 0 atom stereocenters. The highest BCUT2D eigenvalue weighted by atomic mass is 35.5. The Morgan fingerprint density at radius 2 is 2.00 bits per heavy atom. The molecule has 0 bridgehead atoms. The standard InChI is InChI=1S/C15H17ClN2OS/c1-4-7-13-17-14(16)10(2)15(18-13)19-11-8-5-6-9-12(11)20-3/h5-6,8-9H,4,7H2,1-3H3. The molecule has 2 aromatic rings. The molecule has 3 nitrogen and oxygen atoms in total. The molecule has 2 rings (SSSR count). The number of ether oxygens (including phenoxy) is 1. The van der Waals surface area contributed by atoms with Crippen LogP contribution in [0, 0.1) is 6.92 Å². The van der Waals surface area contributed by atoms with Gasteiger partial charge in [-0.05, 0) is 31.7 Å². The zero-order valence-corrected chi connectivity index (χ0v) is 13.4. The van der Waals surface area contributed by atoms with Gasteiger partial charge in [-0.2, -0.15) is 4.98 Å². The van der Waals surface area contributed by atoms with E-state index < -0.39 is 0 Å². The number of nitrogens with zero attached hydrogens (tertiary/aromatic N) is 2. The summed E-state index contributed by atoms with van der Waals surface area (Å²) in [7, 11) is 0. The first kappa shape index (κ1) is 15.1. The molecule has 0 aliphatic rings. The summed E-state index contributed by atoms with van der Waals surface area (Å²) in [5.41, 5.74) is 0.766. The number of hydrogen-bond acceptors (Lipinski definition) is 4. The fourth-order valence-electron chi connectivity index (χ4n) is 1.75. The Bertz CT molecular complexity index is 604. The molecular weight excluding hydrogens is 292 g/mol. The van der Waals surface area contributed by atoms with Crippen molar-refractivity contribution in [2.24, 2.45) is 0 Å². The van der Waals surface area contributed by atoms with Crippen molar-refractivity contribution in [1.82, 2.24) is 9.97 Å². The summed E-state index contributed by atoms with van der Waals surface area (Å²) in [4.78, 5) is 9.81. The Morgan fingerprint density at radius 3 is 2.70 bits per heavy atom. The molecule has 1 aromatic heterocycles. The van der Waals surface area contributed by atoms with Gasteiger partial charge in [-0.25, -0.2) is 4.98 Å². The molecule has 0 aliphatic carbocycles. The molecule has 1 heterocycles. The molecule has 0 unspecified atom stereocenters. The van der Waals surface area contributed by atoms with E-state index in [-0.39, 0.29) is 0 Å². The largest absolute Gasteiger partial charge is 0.437 e. The van der Waals surface area contributed by atoms with Crippen LogP contribution < -0.4 is 4.74 Å². The molecule has 0 saturated carbocycles. The smallest absolute Gasteiger partial charge is 0.227 e. The number of thioether (sulfide) groups is 1. The quantitative estimate of drug-likeness (QED) is 0.581. The zero-order valence-electron chi connectivity index (χ0n) is 11.8. The van der Waals surface area contributed by atoms with E-state index in [1.165, 1.54) is 0 Å². The van der Waals surface area contributed by atoms with Crippen LogP contribution in [-0.4, -0.2) is 16.2 Å². The maximum atomic E-state index is 6.16. The second-order valence-electron chi connectivity index (χ2n) is 4.36. The molecule has 0 fully saturated rings. The summed E-state index contributed by atoms with van der Waals surface area (Å²) in [6.45, 7) is 3.95. The van der Waals surface area contributed by atoms with E-state index >= 15 is 0 Å². The summed E-state index contributed by atoms with van der Waals surface area (Å²) < 4.78 is 5.94. The van der Waals surface area contributed by atoms with Crippen LogP contribution in [0.25, 0.3) is 0 Å². The van der Waals surface area contributed by atoms with Gasteiger partial charge >= 0.3 is 0 Å². The summed E-state index contributed by atoms with van der Waals surface area (Å²) in [5.74, 6) is 2.05. The lowest BCUT2D eigenvalue weighted by molar-refractivity contribution is 0.444. The lowest BCUT2D eigenvalue weighted by Crippen LogP contribution is -2.01. The van der Waals surface area contributed by atoms with Crippen molar-refractivity contribution in [2.45, 2.75) is 31.6 Å². The first-order valence-corrected chi connectivity index (χ1v) is 8.09. The fraction of sp³-hybridized carbons (Fsp3) is 0.333. The van der Waals surface area contributed by atoms with Crippen molar-refractivity contribution < 1.29 is 4.74 Å². The van der Waals surface area contributed by atoms with E-state index in [4.69, 9.17) is 16.3 Å². The lowest BCUT2D eigenvalue weighted by Gasteiger charge is -2.12. The molecule has 20 heavy (non-hydrogen) atoms. The van der Waals surface area contributed by atoms with Gasteiger partial charge in [0.1, 0.15) is 16.7 Å². The van der Waals surface area contributed by atoms with E-state index in [1.807, 2.05) is 37.4 Å². The molecule has 1 aromatic carbocycles. The molecular formula is C15H17ClN2OS. The van der Waals surface area contributed by atoms with Crippen LogP contribution in [0.4, 0.5) is 0 Å². The maximum absolute atomic E-state index is 6.16. The number of aryl methyl sites for hydroxylation is 1. The Balaban J connectivity index is 2.37. The predicted molar refractivity (Wildman–Crippen MR) is 84.1 cm³/mol. The van der Waals surface area contributed by atoms with E-state index in [2.05, 4.69) is 16.9 Å². The van der Waals surface area contributed by atoms with Crippen LogP contribution in [0.1, 0.15) is 24.7 Å². The first-order valence-electron chi connectivity index (χ1n) is 6.49. The highest BCUT2D eigenvalue weighted by Crippen LogP contribution is 2.33. The topological polar surface area (TPSA) is 35.0 Å². The first-order chi connectivity index (χ1) is 9.65. The Labute approximate surface area is 128 Å². The SMILES string of the molecule is CCCc1nc(Cl)c(C)c(Oc2ccccc2SC)n1. The third kappa shape index (κ3) is 3.44. The van der Waals surface area contributed by atoms with Crippen molar-refractivity contribution in [1.29, 1.82) is 0 Å². The van der Waals surface area contributed by atoms with Crippen LogP contribution in [-0.2, 0) is 6.42 Å². The number of para-hydroxylation sites is 1. The predicted octanol–water partition coefficient (Wildman–Crippen LogP) is 4.91.